The second-order valence-electron chi connectivity index (χ2n) is 8.20. The van der Waals surface area contributed by atoms with Gasteiger partial charge in [0.15, 0.2) is 0 Å². The van der Waals surface area contributed by atoms with Crippen molar-refractivity contribution in [3.8, 4) is 0 Å². The van der Waals surface area contributed by atoms with Crippen LogP contribution in [0.3, 0.4) is 0 Å². The molecule has 2 aliphatic rings. The molecule has 0 aromatic carbocycles. The molecule has 0 aromatic rings. The summed E-state index contributed by atoms with van der Waals surface area (Å²) in [6.45, 7) is 15.3. The number of hydrogen-bond donors (Lipinski definition) is 2. The second-order valence-corrected chi connectivity index (χ2v) is 8.20. The third-order valence-corrected chi connectivity index (χ3v) is 5.15. The first kappa shape index (κ1) is 17.2. The highest BCUT2D eigenvalue weighted by Crippen LogP contribution is 2.42. The minimum Gasteiger partial charge on any atom is -0.394 e. The van der Waals surface area contributed by atoms with Gasteiger partial charge in [-0.2, -0.15) is 0 Å². The first-order chi connectivity index (χ1) is 9.77. The first-order valence-electron chi connectivity index (χ1n) is 8.52. The summed E-state index contributed by atoms with van der Waals surface area (Å²) in [5, 5.41) is 13.2. The summed E-state index contributed by atoms with van der Waals surface area (Å²) in [5.74, 6) is 0.702. The molecule has 1 saturated carbocycles. The maximum atomic E-state index is 9.46. The minimum atomic E-state index is -0.159. The zero-order valence-electron chi connectivity index (χ0n) is 14.5. The van der Waals surface area contributed by atoms with Gasteiger partial charge in [0.2, 0.25) is 0 Å². The SMILES string of the molecule is CCNC1C(CN2CC(CO)OC(C)(C)C2)CCC1(C)C. The van der Waals surface area contributed by atoms with Crippen molar-refractivity contribution in [2.45, 2.75) is 65.2 Å². The van der Waals surface area contributed by atoms with E-state index in [4.69, 9.17) is 4.74 Å². The topological polar surface area (TPSA) is 44.7 Å². The summed E-state index contributed by atoms with van der Waals surface area (Å²) in [5.41, 5.74) is 0.228. The largest absolute Gasteiger partial charge is 0.394 e. The summed E-state index contributed by atoms with van der Waals surface area (Å²) >= 11 is 0. The number of nitrogens with zero attached hydrogens (tertiary/aromatic N) is 1. The average Bonchev–Trinajstić information content (AvgIpc) is 2.65. The lowest BCUT2D eigenvalue weighted by Gasteiger charge is -2.44. The summed E-state index contributed by atoms with van der Waals surface area (Å²) in [7, 11) is 0. The number of rotatable bonds is 5. The van der Waals surface area contributed by atoms with Gasteiger partial charge in [0, 0.05) is 25.7 Å². The van der Waals surface area contributed by atoms with E-state index >= 15 is 0 Å². The Morgan fingerprint density at radius 1 is 1.29 bits per heavy atom. The van der Waals surface area contributed by atoms with E-state index in [2.05, 4.69) is 44.8 Å². The number of ether oxygens (including phenoxy) is 1. The van der Waals surface area contributed by atoms with Crippen LogP contribution in [-0.4, -0.2) is 60.5 Å². The Kier molecular flexibility index (Phi) is 5.35. The van der Waals surface area contributed by atoms with Crippen molar-refractivity contribution in [1.29, 1.82) is 0 Å². The van der Waals surface area contributed by atoms with E-state index in [1.54, 1.807) is 0 Å². The highest BCUT2D eigenvalue weighted by molar-refractivity contribution is 4.98. The van der Waals surface area contributed by atoms with Crippen molar-refractivity contribution >= 4 is 0 Å². The van der Waals surface area contributed by atoms with Crippen molar-refractivity contribution in [2.75, 3.05) is 32.8 Å². The quantitative estimate of drug-likeness (QED) is 0.813. The molecule has 2 rings (SSSR count). The van der Waals surface area contributed by atoms with Crippen LogP contribution in [-0.2, 0) is 4.74 Å². The summed E-state index contributed by atoms with van der Waals surface area (Å²) in [6, 6.07) is 0.598. The molecule has 0 radical (unpaired) electrons. The molecular formula is C17H34N2O2. The third kappa shape index (κ3) is 4.19. The molecule has 1 aliphatic heterocycles. The molecule has 0 amide bonds. The number of morpholine rings is 1. The molecule has 124 valence electrons. The average molecular weight is 298 g/mol. The van der Waals surface area contributed by atoms with E-state index in [1.165, 1.54) is 12.8 Å². The summed E-state index contributed by atoms with van der Waals surface area (Å²) in [4.78, 5) is 2.50. The van der Waals surface area contributed by atoms with Crippen LogP contribution in [0.4, 0.5) is 0 Å². The minimum absolute atomic E-state index is 0.0410. The summed E-state index contributed by atoms with van der Waals surface area (Å²) in [6.07, 6.45) is 2.55. The lowest BCUT2D eigenvalue weighted by Crippen LogP contribution is -2.56. The molecule has 0 spiro atoms. The van der Waals surface area contributed by atoms with Gasteiger partial charge in [0.25, 0.3) is 0 Å². The molecule has 4 nitrogen and oxygen atoms in total. The fraction of sp³-hybridized carbons (Fsp3) is 1.00. The number of nitrogens with one attached hydrogen (secondary N) is 1. The second kappa shape index (κ2) is 6.53. The number of hydrogen-bond acceptors (Lipinski definition) is 4. The Labute approximate surface area is 130 Å². The molecule has 4 heteroatoms. The zero-order chi connectivity index (χ0) is 15.7. The predicted molar refractivity (Wildman–Crippen MR) is 86.4 cm³/mol. The van der Waals surface area contributed by atoms with Gasteiger partial charge in [-0.3, -0.25) is 4.90 Å². The maximum absolute atomic E-state index is 9.46. The van der Waals surface area contributed by atoms with E-state index in [0.717, 1.165) is 26.2 Å². The van der Waals surface area contributed by atoms with Gasteiger partial charge >= 0.3 is 0 Å². The van der Waals surface area contributed by atoms with Gasteiger partial charge in [-0.15, -0.1) is 0 Å². The van der Waals surface area contributed by atoms with Crippen molar-refractivity contribution in [2.24, 2.45) is 11.3 Å². The Morgan fingerprint density at radius 3 is 2.62 bits per heavy atom. The molecule has 1 heterocycles. The van der Waals surface area contributed by atoms with E-state index in [0.29, 0.717) is 17.4 Å². The smallest absolute Gasteiger partial charge is 0.0940 e. The van der Waals surface area contributed by atoms with Crippen LogP contribution in [0.25, 0.3) is 0 Å². The molecule has 3 atom stereocenters. The zero-order valence-corrected chi connectivity index (χ0v) is 14.5. The highest BCUT2D eigenvalue weighted by Gasteiger charge is 2.43. The van der Waals surface area contributed by atoms with E-state index < -0.39 is 0 Å². The van der Waals surface area contributed by atoms with Crippen LogP contribution in [0.1, 0.15) is 47.5 Å². The first-order valence-corrected chi connectivity index (χ1v) is 8.52. The maximum Gasteiger partial charge on any atom is 0.0940 e. The van der Waals surface area contributed by atoms with Crippen LogP contribution >= 0.6 is 0 Å². The van der Waals surface area contributed by atoms with Gasteiger partial charge in [0.05, 0.1) is 18.3 Å². The van der Waals surface area contributed by atoms with Crippen molar-refractivity contribution in [1.82, 2.24) is 10.2 Å². The molecule has 2 N–H and O–H groups in total. The van der Waals surface area contributed by atoms with Gasteiger partial charge < -0.3 is 15.2 Å². The molecular weight excluding hydrogens is 264 g/mol. The van der Waals surface area contributed by atoms with Crippen molar-refractivity contribution < 1.29 is 9.84 Å². The Bertz CT molecular complexity index is 344. The normalized spacial score (nSPS) is 36.0. The molecule has 0 aromatic heterocycles. The molecule has 1 saturated heterocycles. The van der Waals surface area contributed by atoms with Crippen LogP contribution < -0.4 is 5.32 Å². The Morgan fingerprint density at radius 2 is 2.00 bits per heavy atom. The van der Waals surface area contributed by atoms with Gasteiger partial charge in [-0.1, -0.05) is 20.8 Å². The fourth-order valence-electron chi connectivity index (χ4n) is 4.36. The molecule has 3 unspecified atom stereocenters. The number of aliphatic hydroxyl groups is 1. The third-order valence-electron chi connectivity index (χ3n) is 5.15. The van der Waals surface area contributed by atoms with Gasteiger partial charge in [-0.25, -0.2) is 0 Å². The standard InChI is InChI=1S/C17H34N2O2/c1-6-18-15-13(7-8-16(15,2)3)9-19-10-14(11-20)21-17(4,5)12-19/h13-15,18,20H,6-12H2,1-5H3. The van der Waals surface area contributed by atoms with Gasteiger partial charge in [-0.05, 0) is 44.6 Å². The molecule has 0 bridgehead atoms. The van der Waals surface area contributed by atoms with E-state index in [9.17, 15) is 5.11 Å². The van der Waals surface area contributed by atoms with Crippen molar-refractivity contribution in [3.63, 3.8) is 0 Å². The summed E-state index contributed by atoms with van der Waals surface area (Å²) < 4.78 is 5.93. The molecule has 1 aliphatic carbocycles. The number of aliphatic hydroxyl groups excluding tert-OH is 1. The van der Waals surface area contributed by atoms with Crippen LogP contribution in [0.5, 0.6) is 0 Å². The van der Waals surface area contributed by atoms with Crippen LogP contribution in [0.15, 0.2) is 0 Å². The molecule has 2 fully saturated rings. The van der Waals surface area contributed by atoms with Gasteiger partial charge in [0.1, 0.15) is 0 Å². The monoisotopic (exact) mass is 298 g/mol. The predicted octanol–water partition coefficient (Wildman–Crippen LogP) is 1.87. The Hall–Kier alpha value is -0.160. The van der Waals surface area contributed by atoms with Crippen LogP contribution in [0.2, 0.25) is 0 Å². The van der Waals surface area contributed by atoms with E-state index in [-0.39, 0.29) is 18.3 Å². The fourth-order valence-corrected chi connectivity index (χ4v) is 4.36. The lowest BCUT2D eigenvalue weighted by atomic mass is 9.84. The molecule has 21 heavy (non-hydrogen) atoms. The lowest BCUT2D eigenvalue weighted by molar-refractivity contribution is -0.151. The Balaban J connectivity index is 2.00. The highest BCUT2D eigenvalue weighted by atomic mass is 16.5. The van der Waals surface area contributed by atoms with Crippen LogP contribution in [0, 0.1) is 11.3 Å². The van der Waals surface area contributed by atoms with E-state index in [1.807, 2.05) is 0 Å². The van der Waals surface area contributed by atoms with Crippen molar-refractivity contribution in [3.05, 3.63) is 0 Å².